The highest BCUT2D eigenvalue weighted by atomic mass is 16.6. The Hall–Kier alpha value is -1.66. The molecule has 6 nitrogen and oxygen atoms in total. The van der Waals surface area contributed by atoms with Crippen molar-refractivity contribution < 1.29 is 28.5 Å². The zero-order valence-corrected chi connectivity index (χ0v) is 19.8. The standard InChI is InChI=1S/C25H44O6/c1-5-8-9-10-11-12-13-14-15-16-17-23(31-24(26)6-2)22(4)25(27)30-21-20-29-19-18-28-7-3/h6,23H,2,4-5,7-21H2,1,3H3. The van der Waals surface area contributed by atoms with Crippen LogP contribution in [-0.2, 0) is 28.5 Å². The summed E-state index contributed by atoms with van der Waals surface area (Å²) in [6.07, 6.45) is 13.1. The molecule has 0 amide bonds. The van der Waals surface area contributed by atoms with Crippen molar-refractivity contribution >= 4 is 11.9 Å². The van der Waals surface area contributed by atoms with Gasteiger partial charge in [0.25, 0.3) is 0 Å². The summed E-state index contributed by atoms with van der Waals surface area (Å²) in [7, 11) is 0. The van der Waals surface area contributed by atoms with Crippen LogP contribution in [0.4, 0.5) is 0 Å². The molecule has 0 bridgehead atoms. The molecule has 31 heavy (non-hydrogen) atoms. The maximum Gasteiger partial charge on any atom is 0.337 e. The number of unbranched alkanes of at least 4 members (excludes halogenated alkanes) is 9. The summed E-state index contributed by atoms with van der Waals surface area (Å²) in [5.41, 5.74) is 0.153. The summed E-state index contributed by atoms with van der Waals surface area (Å²) >= 11 is 0. The molecule has 0 aliphatic heterocycles. The van der Waals surface area contributed by atoms with Gasteiger partial charge in [-0.2, -0.15) is 0 Å². The SMILES string of the molecule is C=CC(=O)OC(CCCCCCCCCCCC)C(=C)C(=O)OCCOCCOCC. The van der Waals surface area contributed by atoms with Crippen LogP contribution in [0.15, 0.2) is 24.8 Å². The van der Waals surface area contributed by atoms with Crippen LogP contribution in [0.5, 0.6) is 0 Å². The van der Waals surface area contributed by atoms with Crippen molar-refractivity contribution in [3.63, 3.8) is 0 Å². The second kappa shape index (κ2) is 21.6. The van der Waals surface area contributed by atoms with E-state index in [0.717, 1.165) is 25.3 Å². The molecule has 0 radical (unpaired) electrons. The van der Waals surface area contributed by atoms with E-state index in [1.807, 2.05) is 6.92 Å². The molecule has 0 fully saturated rings. The number of hydrogen-bond donors (Lipinski definition) is 0. The van der Waals surface area contributed by atoms with Crippen LogP contribution in [-0.4, -0.2) is 51.1 Å². The maximum atomic E-state index is 12.3. The Bertz CT molecular complexity index is 488. The molecule has 180 valence electrons. The quantitative estimate of drug-likeness (QED) is 0.125. The molecule has 0 aromatic carbocycles. The molecule has 0 aliphatic rings. The van der Waals surface area contributed by atoms with Crippen LogP contribution < -0.4 is 0 Å². The van der Waals surface area contributed by atoms with Gasteiger partial charge in [-0.1, -0.05) is 77.9 Å². The van der Waals surface area contributed by atoms with Gasteiger partial charge < -0.3 is 18.9 Å². The first-order valence-electron chi connectivity index (χ1n) is 11.9. The zero-order valence-electron chi connectivity index (χ0n) is 19.8. The fourth-order valence-electron chi connectivity index (χ4n) is 3.09. The fourth-order valence-corrected chi connectivity index (χ4v) is 3.09. The highest BCUT2D eigenvalue weighted by Gasteiger charge is 2.23. The number of hydrogen-bond acceptors (Lipinski definition) is 6. The monoisotopic (exact) mass is 440 g/mol. The summed E-state index contributed by atoms with van der Waals surface area (Å²) < 4.78 is 21.0. The minimum Gasteiger partial charge on any atom is -0.460 e. The first-order valence-corrected chi connectivity index (χ1v) is 11.9. The highest BCUT2D eigenvalue weighted by Crippen LogP contribution is 2.17. The van der Waals surface area contributed by atoms with E-state index in [1.54, 1.807) is 0 Å². The van der Waals surface area contributed by atoms with Crippen LogP contribution in [0, 0.1) is 0 Å². The van der Waals surface area contributed by atoms with Crippen molar-refractivity contribution in [2.75, 3.05) is 33.0 Å². The predicted octanol–water partition coefficient (Wildman–Crippen LogP) is 5.55. The number of rotatable bonds is 22. The van der Waals surface area contributed by atoms with Gasteiger partial charge in [0.1, 0.15) is 12.7 Å². The maximum absolute atomic E-state index is 12.3. The third-order valence-corrected chi connectivity index (χ3v) is 4.93. The van der Waals surface area contributed by atoms with Gasteiger partial charge >= 0.3 is 11.9 Å². The summed E-state index contributed by atoms with van der Waals surface area (Å²) in [6, 6.07) is 0. The molecular formula is C25H44O6. The topological polar surface area (TPSA) is 71.1 Å². The minimum atomic E-state index is -0.689. The van der Waals surface area contributed by atoms with Crippen LogP contribution in [0.2, 0.25) is 0 Å². The van der Waals surface area contributed by atoms with Gasteiger partial charge in [-0.25, -0.2) is 9.59 Å². The van der Waals surface area contributed by atoms with Gasteiger partial charge in [-0.05, 0) is 19.8 Å². The lowest BCUT2D eigenvalue weighted by molar-refractivity contribution is -0.146. The van der Waals surface area contributed by atoms with Crippen molar-refractivity contribution in [2.45, 2.75) is 90.6 Å². The van der Waals surface area contributed by atoms with Crippen LogP contribution in [0.1, 0.15) is 84.5 Å². The molecule has 6 heteroatoms. The Morgan fingerprint density at radius 3 is 1.94 bits per heavy atom. The van der Waals surface area contributed by atoms with E-state index >= 15 is 0 Å². The van der Waals surface area contributed by atoms with Crippen LogP contribution in [0.25, 0.3) is 0 Å². The van der Waals surface area contributed by atoms with Gasteiger partial charge in [-0.3, -0.25) is 0 Å². The number of carbonyl (C=O) groups is 2. The normalized spacial score (nSPS) is 11.7. The van der Waals surface area contributed by atoms with Gasteiger partial charge in [0, 0.05) is 12.7 Å². The van der Waals surface area contributed by atoms with E-state index in [4.69, 9.17) is 18.9 Å². The minimum absolute atomic E-state index is 0.115. The molecule has 0 saturated carbocycles. The first kappa shape index (κ1) is 29.3. The highest BCUT2D eigenvalue weighted by molar-refractivity contribution is 5.90. The van der Waals surface area contributed by atoms with Crippen LogP contribution in [0.3, 0.4) is 0 Å². The average Bonchev–Trinajstić information content (AvgIpc) is 2.78. The lowest BCUT2D eigenvalue weighted by atomic mass is 10.0. The second-order valence-electron chi connectivity index (χ2n) is 7.57. The molecule has 1 unspecified atom stereocenters. The number of ether oxygens (including phenoxy) is 4. The van der Waals surface area contributed by atoms with E-state index in [9.17, 15) is 9.59 Å². The number of carbonyl (C=O) groups excluding carboxylic acids is 2. The Morgan fingerprint density at radius 2 is 1.35 bits per heavy atom. The van der Waals surface area contributed by atoms with Crippen LogP contribution >= 0.6 is 0 Å². The largest absolute Gasteiger partial charge is 0.460 e. The van der Waals surface area contributed by atoms with E-state index in [0.29, 0.717) is 26.2 Å². The molecular weight excluding hydrogens is 396 g/mol. The molecule has 0 aromatic heterocycles. The molecule has 0 saturated heterocycles. The van der Waals surface area contributed by atoms with Crippen molar-refractivity contribution in [3.8, 4) is 0 Å². The smallest absolute Gasteiger partial charge is 0.337 e. The summed E-state index contributed by atoms with van der Waals surface area (Å²) in [5, 5.41) is 0. The Labute approximate surface area is 189 Å². The second-order valence-corrected chi connectivity index (χ2v) is 7.57. The summed E-state index contributed by atoms with van der Waals surface area (Å²) in [6.45, 7) is 13.4. The van der Waals surface area contributed by atoms with E-state index in [2.05, 4.69) is 20.1 Å². The number of esters is 2. The van der Waals surface area contributed by atoms with Gasteiger partial charge in [0.2, 0.25) is 0 Å². The molecule has 0 N–H and O–H groups in total. The third-order valence-electron chi connectivity index (χ3n) is 4.93. The van der Waals surface area contributed by atoms with Crippen molar-refractivity contribution in [2.24, 2.45) is 0 Å². The van der Waals surface area contributed by atoms with Gasteiger partial charge in [-0.15, -0.1) is 0 Å². The molecule has 1 atom stereocenters. The molecule has 0 aromatic rings. The molecule has 0 spiro atoms. The van der Waals surface area contributed by atoms with E-state index in [-0.39, 0.29) is 18.8 Å². The van der Waals surface area contributed by atoms with Crippen molar-refractivity contribution in [1.82, 2.24) is 0 Å². The van der Waals surface area contributed by atoms with Gasteiger partial charge in [0.15, 0.2) is 0 Å². The summed E-state index contributed by atoms with van der Waals surface area (Å²) in [4.78, 5) is 23.9. The predicted molar refractivity (Wildman–Crippen MR) is 124 cm³/mol. The van der Waals surface area contributed by atoms with E-state index in [1.165, 1.54) is 44.9 Å². The van der Waals surface area contributed by atoms with E-state index < -0.39 is 18.0 Å². The van der Waals surface area contributed by atoms with Crippen molar-refractivity contribution in [1.29, 1.82) is 0 Å². The average molecular weight is 441 g/mol. The Balaban J connectivity index is 4.12. The third kappa shape index (κ3) is 17.7. The van der Waals surface area contributed by atoms with Crippen molar-refractivity contribution in [3.05, 3.63) is 24.8 Å². The molecule has 0 heterocycles. The first-order chi connectivity index (χ1) is 15.1. The Morgan fingerprint density at radius 1 is 0.806 bits per heavy atom. The lowest BCUT2D eigenvalue weighted by Crippen LogP contribution is -2.25. The lowest BCUT2D eigenvalue weighted by Gasteiger charge is -2.18. The summed E-state index contributed by atoms with van der Waals surface area (Å²) in [5.74, 6) is -1.13. The Kier molecular flexibility index (Phi) is 20.4. The molecule has 0 aliphatic carbocycles. The fraction of sp³-hybridized carbons (Fsp3) is 0.760. The van der Waals surface area contributed by atoms with Gasteiger partial charge in [0.05, 0.1) is 25.4 Å². The molecule has 0 rings (SSSR count). The zero-order chi connectivity index (χ0) is 23.2.